The van der Waals surface area contributed by atoms with Crippen LogP contribution in [0.2, 0.25) is 0 Å². The van der Waals surface area contributed by atoms with E-state index in [1.807, 2.05) is 12.1 Å². The third-order valence-corrected chi connectivity index (χ3v) is 7.07. The molecule has 0 spiro atoms. The summed E-state index contributed by atoms with van der Waals surface area (Å²) in [5.74, 6) is 0.959. The van der Waals surface area contributed by atoms with E-state index in [-0.39, 0.29) is 29.9 Å². The topological polar surface area (TPSA) is 77.8 Å². The van der Waals surface area contributed by atoms with Crippen LogP contribution < -0.4 is 10.6 Å². The summed E-state index contributed by atoms with van der Waals surface area (Å²) in [5.41, 5.74) is 0. The van der Waals surface area contributed by atoms with Gasteiger partial charge in [0.05, 0.1) is 12.8 Å². The fourth-order valence-electron chi connectivity index (χ4n) is 5.40. The van der Waals surface area contributed by atoms with Crippen LogP contribution in [0.1, 0.15) is 57.1 Å². The Morgan fingerprint density at radius 1 is 1.28 bits per heavy atom. The summed E-state index contributed by atoms with van der Waals surface area (Å²) in [5, 5.41) is 6.09. The average molecular weight is 403 g/mol. The summed E-state index contributed by atoms with van der Waals surface area (Å²) >= 11 is 0. The molecule has 1 aliphatic carbocycles. The molecule has 29 heavy (non-hydrogen) atoms. The van der Waals surface area contributed by atoms with Crippen LogP contribution in [0, 0.1) is 0 Å². The number of carbonyl (C=O) groups is 2. The molecule has 1 aromatic heterocycles. The van der Waals surface area contributed by atoms with Gasteiger partial charge in [-0.05, 0) is 44.9 Å². The molecule has 7 nitrogen and oxygen atoms in total. The lowest BCUT2D eigenvalue weighted by molar-refractivity contribution is -0.127. The lowest BCUT2D eigenvalue weighted by Gasteiger charge is -2.37. The van der Waals surface area contributed by atoms with Crippen molar-refractivity contribution in [2.45, 2.75) is 82.1 Å². The molecule has 160 valence electrons. The van der Waals surface area contributed by atoms with Crippen LogP contribution in [0.5, 0.6) is 0 Å². The molecule has 2 aliphatic heterocycles. The number of rotatable bonds is 6. The van der Waals surface area contributed by atoms with Crippen molar-refractivity contribution in [2.24, 2.45) is 0 Å². The van der Waals surface area contributed by atoms with E-state index in [9.17, 15) is 9.59 Å². The van der Waals surface area contributed by atoms with Crippen LogP contribution in [0.15, 0.2) is 22.8 Å². The van der Waals surface area contributed by atoms with Crippen molar-refractivity contribution >= 4 is 11.8 Å². The van der Waals surface area contributed by atoms with Crippen molar-refractivity contribution in [1.82, 2.24) is 20.4 Å². The number of hydrogen-bond acceptors (Lipinski definition) is 5. The Bertz CT molecular complexity index is 686. The molecule has 0 bridgehead atoms. The normalized spacial score (nSPS) is 29.3. The first-order valence-corrected chi connectivity index (χ1v) is 11.2. The van der Waals surface area contributed by atoms with Crippen LogP contribution in [-0.2, 0) is 16.1 Å². The van der Waals surface area contributed by atoms with E-state index < -0.39 is 0 Å². The van der Waals surface area contributed by atoms with E-state index in [1.165, 1.54) is 32.1 Å². The Morgan fingerprint density at radius 2 is 2.10 bits per heavy atom. The zero-order chi connectivity index (χ0) is 20.2. The molecule has 3 aliphatic rings. The van der Waals surface area contributed by atoms with Crippen molar-refractivity contribution in [1.29, 1.82) is 0 Å². The number of nitrogens with zero attached hydrogens (tertiary/aromatic N) is 2. The maximum absolute atomic E-state index is 12.9. The van der Waals surface area contributed by atoms with Gasteiger partial charge in [-0.15, -0.1) is 0 Å². The number of amides is 2. The van der Waals surface area contributed by atoms with E-state index in [2.05, 4.69) is 27.5 Å². The zero-order valence-electron chi connectivity index (χ0n) is 17.4. The van der Waals surface area contributed by atoms with Gasteiger partial charge in [-0.3, -0.25) is 19.4 Å². The van der Waals surface area contributed by atoms with Gasteiger partial charge >= 0.3 is 0 Å². The van der Waals surface area contributed by atoms with Gasteiger partial charge in [0.2, 0.25) is 11.8 Å². The molecular formula is C22H34N4O3. The Balaban J connectivity index is 1.32. The van der Waals surface area contributed by atoms with Crippen LogP contribution >= 0.6 is 0 Å². The van der Waals surface area contributed by atoms with Gasteiger partial charge in [0, 0.05) is 37.6 Å². The van der Waals surface area contributed by atoms with Crippen LogP contribution in [-0.4, -0.2) is 65.9 Å². The number of hydrogen-bond donors (Lipinski definition) is 2. The van der Waals surface area contributed by atoms with Crippen molar-refractivity contribution < 1.29 is 14.0 Å². The van der Waals surface area contributed by atoms with Gasteiger partial charge in [-0.25, -0.2) is 0 Å². The number of likely N-dealkylation sites (tertiary alicyclic amines) is 1. The number of nitrogens with one attached hydrogen (secondary N) is 2. The number of likely N-dealkylation sites (N-methyl/N-ethyl adjacent to an activating group) is 1. The van der Waals surface area contributed by atoms with Crippen LogP contribution in [0.3, 0.4) is 0 Å². The molecular weight excluding hydrogens is 368 g/mol. The van der Waals surface area contributed by atoms with Crippen molar-refractivity contribution in [3.8, 4) is 0 Å². The molecule has 1 saturated carbocycles. The molecule has 0 radical (unpaired) electrons. The Labute approximate surface area is 173 Å². The first-order chi connectivity index (χ1) is 14.1. The molecule has 7 heteroatoms. The van der Waals surface area contributed by atoms with Gasteiger partial charge < -0.3 is 15.1 Å². The predicted molar refractivity (Wildman–Crippen MR) is 110 cm³/mol. The molecule has 2 N–H and O–H groups in total. The average Bonchev–Trinajstić information content (AvgIpc) is 3.40. The van der Waals surface area contributed by atoms with Crippen molar-refractivity contribution in [2.75, 3.05) is 20.1 Å². The van der Waals surface area contributed by atoms with Gasteiger partial charge in [0.15, 0.2) is 0 Å². The standard InChI is InChI=1S/C22H34N4O3/c1-25-17(9-10-20(27)23-15-18-8-5-13-29-18)14-24-22(28)21-19(25)11-12-26(21)16-6-3-2-4-7-16/h5,8,13,16-17,19,21H,2-4,6-7,9-12,14-15H2,1H3,(H,23,27)(H,24,28)/t17-,19-,21-/m0/s1. The fourth-order valence-corrected chi connectivity index (χ4v) is 5.40. The summed E-state index contributed by atoms with van der Waals surface area (Å²) in [6, 6.07) is 4.62. The SMILES string of the molecule is CN1[C@@H](CCC(=O)NCc2ccco2)CNC(=O)[C@@H]2[C@@H]1CCN2C1CCCCC1. The quantitative estimate of drug-likeness (QED) is 0.760. The maximum atomic E-state index is 12.9. The predicted octanol–water partition coefficient (Wildman–Crippen LogP) is 1.88. The minimum atomic E-state index is -0.0409. The van der Waals surface area contributed by atoms with Gasteiger partial charge in [0.1, 0.15) is 11.8 Å². The lowest BCUT2D eigenvalue weighted by atomic mass is 9.93. The highest BCUT2D eigenvalue weighted by Gasteiger charge is 2.47. The Kier molecular flexibility index (Phi) is 6.55. The lowest BCUT2D eigenvalue weighted by Crippen LogP contribution is -2.53. The minimum absolute atomic E-state index is 0.0252. The summed E-state index contributed by atoms with van der Waals surface area (Å²) in [6.07, 6.45) is 10.2. The molecule has 2 saturated heterocycles. The molecule has 3 fully saturated rings. The third-order valence-electron chi connectivity index (χ3n) is 7.07. The summed E-state index contributed by atoms with van der Waals surface area (Å²) < 4.78 is 5.26. The van der Waals surface area contributed by atoms with Gasteiger partial charge in [-0.1, -0.05) is 19.3 Å². The minimum Gasteiger partial charge on any atom is -0.467 e. The first kappa shape index (κ1) is 20.4. The number of carbonyl (C=O) groups excluding carboxylic acids is 2. The molecule has 3 atom stereocenters. The van der Waals surface area contributed by atoms with E-state index in [1.54, 1.807) is 6.26 Å². The first-order valence-electron chi connectivity index (χ1n) is 11.2. The van der Waals surface area contributed by atoms with E-state index >= 15 is 0 Å². The van der Waals surface area contributed by atoms with Crippen molar-refractivity contribution in [3.05, 3.63) is 24.2 Å². The van der Waals surface area contributed by atoms with E-state index in [0.717, 1.165) is 25.1 Å². The van der Waals surface area contributed by atoms with Gasteiger partial charge in [-0.2, -0.15) is 0 Å². The molecule has 3 heterocycles. The van der Waals surface area contributed by atoms with Crippen molar-refractivity contribution in [3.63, 3.8) is 0 Å². The van der Waals surface area contributed by atoms with Crippen LogP contribution in [0.25, 0.3) is 0 Å². The number of fused-ring (bicyclic) bond motifs is 1. The molecule has 4 rings (SSSR count). The highest BCUT2D eigenvalue weighted by atomic mass is 16.3. The highest BCUT2D eigenvalue weighted by Crippen LogP contribution is 2.33. The van der Waals surface area contributed by atoms with Crippen LogP contribution in [0.4, 0.5) is 0 Å². The largest absolute Gasteiger partial charge is 0.467 e. The third kappa shape index (κ3) is 4.67. The molecule has 0 unspecified atom stereocenters. The zero-order valence-corrected chi connectivity index (χ0v) is 17.4. The monoisotopic (exact) mass is 402 g/mol. The summed E-state index contributed by atoms with van der Waals surface area (Å²) in [6.45, 7) is 2.05. The molecule has 1 aromatic rings. The second-order valence-electron chi connectivity index (χ2n) is 8.79. The second kappa shape index (κ2) is 9.30. The number of furan rings is 1. The van der Waals surface area contributed by atoms with E-state index in [0.29, 0.717) is 25.6 Å². The molecule has 2 amide bonds. The maximum Gasteiger partial charge on any atom is 0.239 e. The second-order valence-corrected chi connectivity index (χ2v) is 8.79. The van der Waals surface area contributed by atoms with E-state index in [4.69, 9.17) is 4.42 Å². The fraction of sp³-hybridized carbons (Fsp3) is 0.727. The summed E-state index contributed by atoms with van der Waals surface area (Å²) in [7, 11) is 2.13. The Hall–Kier alpha value is -1.86. The Morgan fingerprint density at radius 3 is 2.86 bits per heavy atom. The smallest absolute Gasteiger partial charge is 0.239 e. The summed E-state index contributed by atoms with van der Waals surface area (Å²) in [4.78, 5) is 30.0. The highest BCUT2D eigenvalue weighted by molar-refractivity contribution is 5.83. The molecule has 0 aromatic carbocycles. The van der Waals surface area contributed by atoms with Gasteiger partial charge in [0.25, 0.3) is 0 Å².